The van der Waals surface area contributed by atoms with Crippen molar-refractivity contribution in [3.8, 4) is 0 Å². The molecule has 10 heteroatoms. The van der Waals surface area contributed by atoms with Crippen LogP contribution in [0.25, 0.3) is 0 Å². The Morgan fingerprint density at radius 3 is 2.71 bits per heavy atom. The van der Waals surface area contributed by atoms with Crippen LogP contribution in [0.5, 0.6) is 0 Å². The Morgan fingerprint density at radius 1 is 1.13 bits per heavy atom. The highest BCUT2D eigenvalue weighted by Crippen LogP contribution is 2.42. The molecule has 0 fully saturated rings. The van der Waals surface area contributed by atoms with Gasteiger partial charge in [0, 0.05) is 25.0 Å². The maximum Gasteiger partial charge on any atom is 0.238 e. The number of hydrogen-bond acceptors (Lipinski definition) is 7. The Hall–Kier alpha value is -3.50. The van der Waals surface area contributed by atoms with Gasteiger partial charge >= 0.3 is 0 Å². The van der Waals surface area contributed by atoms with Crippen LogP contribution in [0.4, 0.5) is 28.8 Å². The van der Waals surface area contributed by atoms with Crippen LogP contribution in [-0.4, -0.2) is 37.9 Å². The number of nitrogens with one attached hydrogen (secondary N) is 1. The lowest BCUT2D eigenvalue weighted by molar-refractivity contribution is -0.117. The summed E-state index contributed by atoms with van der Waals surface area (Å²) in [7, 11) is -2.11. The van der Waals surface area contributed by atoms with Crippen LogP contribution in [0.15, 0.2) is 53.6 Å². The average Bonchev–Trinajstić information content (AvgIpc) is 3.17. The van der Waals surface area contributed by atoms with E-state index in [1.807, 2.05) is 12.1 Å². The fraction of sp³-hybridized carbons (Fsp3) is 0.190. The minimum absolute atomic E-state index is 0.00723. The zero-order chi connectivity index (χ0) is 21.8. The number of benzene rings is 2. The number of primary sulfonamides is 1. The summed E-state index contributed by atoms with van der Waals surface area (Å²) in [6.07, 6.45) is 2.79. The third-order valence-corrected chi connectivity index (χ3v) is 6.49. The summed E-state index contributed by atoms with van der Waals surface area (Å²) in [5.41, 5.74) is 4.31. The van der Waals surface area contributed by atoms with Gasteiger partial charge in [-0.25, -0.2) is 18.5 Å². The summed E-state index contributed by atoms with van der Waals surface area (Å²) in [4.78, 5) is 25.6. The number of carbonyl (C=O) groups is 1. The van der Waals surface area contributed by atoms with Crippen molar-refractivity contribution in [1.82, 2.24) is 9.97 Å². The van der Waals surface area contributed by atoms with Gasteiger partial charge in [-0.2, -0.15) is 4.98 Å². The van der Waals surface area contributed by atoms with Gasteiger partial charge in [-0.1, -0.05) is 24.3 Å². The third kappa shape index (κ3) is 3.39. The number of fused-ring (bicyclic) bond motifs is 2. The van der Waals surface area contributed by atoms with Gasteiger partial charge in [0.2, 0.25) is 21.9 Å². The predicted octanol–water partition coefficient (Wildman–Crippen LogP) is 2.08. The van der Waals surface area contributed by atoms with Gasteiger partial charge in [0.15, 0.2) is 5.82 Å². The molecule has 31 heavy (non-hydrogen) atoms. The number of nitrogens with zero attached hydrogens (tertiary/aromatic N) is 4. The normalized spacial score (nSPS) is 15.2. The number of para-hydroxylation sites is 1. The van der Waals surface area contributed by atoms with Crippen molar-refractivity contribution < 1.29 is 13.2 Å². The minimum Gasteiger partial charge on any atom is -0.324 e. The summed E-state index contributed by atoms with van der Waals surface area (Å²) >= 11 is 0. The first kappa shape index (κ1) is 19.5. The van der Waals surface area contributed by atoms with E-state index in [4.69, 9.17) is 10.1 Å². The monoisotopic (exact) mass is 436 g/mol. The molecule has 5 rings (SSSR count). The molecule has 2 aliphatic rings. The molecule has 0 atom stereocenters. The Morgan fingerprint density at radius 2 is 1.90 bits per heavy atom. The number of hydrogen-bond donors (Lipinski definition) is 2. The Bertz CT molecular complexity index is 1320. The molecule has 2 aromatic carbocycles. The largest absolute Gasteiger partial charge is 0.324 e. The summed E-state index contributed by atoms with van der Waals surface area (Å²) in [6.45, 7) is 0.749. The molecule has 0 spiro atoms. The van der Waals surface area contributed by atoms with Gasteiger partial charge in [-0.15, -0.1) is 0 Å². The van der Waals surface area contributed by atoms with E-state index in [1.54, 1.807) is 30.3 Å². The van der Waals surface area contributed by atoms with Crippen molar-refractivity contribution in [2.45, 2.75) is 17.7 Å². The van der Waals surface area contributed by atoms with E-state index in [2.05, 4.69) is 21.3 Å². The number of aromatic nitrogens is 2. The molecule has 0 unspecified atom stereocenters. The third-order valence-electron chi connectivity index (χ3n) is 5.58. The maximum atomic E-state index is 12.8. The fourth-order valence-electron chi connectivity index (χ4n) is 4.05. The molecule has 0 saturated heterocycles. The number of carbonyl (C=O) groups excluding carboxylic acids is 1. The SMILES string of the molecule is CN1C(=O)Cc2cccc3c2N(CC3)c2nc(Nc3cccc(S(N)(=O)=O)c3)ncc21. The number of likely N-dealkylation sites (N-methyl/N-ethyl adjacent to an activating group) is 1. The Labute approximate surface area is 179 Å². The van der Waals surface area contributed by atoms with Crippen molar-refractivity contribution >= 4 is 44.8 Å². The van der Waals surface area contributed by atoms with Gasteiger partial charge in [0.1, 0.15) is 5.69 Å². The highest BCUT2D eigenvalue weighted by molar-refractivity contribution is 7.89. The fourth-order valence-corrected chi connectivity index (χ4v) is 4.61. The van der Waals surface area contributed by atoms with E-state index < -0.39 is 10.0 Å². The van der Waals surface area contributed by atoms with Crippen LogP contribution in [0, 0.1) is 0 Å². The van der Waals surface area contributed by atoms with Crippen LogP contribution in [0.1, 0.15) is 11.1 Å². The smallest absolute Gasteiger partial charge is 0.238 e. The average molecular weight is 436 g/mol. The summed E-state index contributed by atoms with van der Waals surface area (Å²) in [5.74, 6) is 0.880. The van der Waals surface area contributed by atoms with Gasteiger partial charge < -0.3 is 15.1 Å². The molecular weight excluding hydrogens is 416 g/mol. The molecule has 2 aliphatic heterocycles. The molecule has 0 aliphatic carbocycles. The Balaban J connectivity index is 1.59. The van der Waals surface area contributed by atoms with Crippen molar-refractivity contribution in [3.05, 3.63) is 59.8 Å². The van der Waals surface area contributed by atoms with E-state index in [9.17, 15) is 13.2 Å². The van der Waals surface area contributed by atoms with Crippen LogP contribution >= 0.6 is 0 Å². The lowest BCUT2D eigenvalue weighted by Crippen LogP contribution is -2.33. The predicted molar refractivity (Wildman–Crippen MR) is 117 cm³/mol. The summed E-state index contributed by atoms with van der Waals surface area (Å²) in [5, 5.41) is 8.27. The lowest BCUT2D eigenvalue weighted by Gasteiger charge is -2.30. The van der Waals surface area contributed by atoms with Crippen LogP contribution in [-0.2, 0) is 27.7 Å². The van der Waals surface area contributed by atoms with Crippen LogP contribution < -0.4 is 20.3 Å². The zero-order valence-corrected chi connectivity index (χ0v) is 17.6. The molecule has 3 heterocycles. The zero-order valence-electron chi connectivity index (χ0n) is 16.7. The topological polar surface area (TPSA) is 122 Å². The standard InChI is InChI=1S/C21H20N6O3S/c1-26-17-12-23-21(24-15-6-3-7-16(11-15)31(22,29)30)25-20(17)27-9-8-13-4-2-5-14(19(13)27)10-18(26)28/h2-7,11-12H,8-10H2,1H3,(H2,22,29,30)(H,23,24,25). The molecule has 0 saturated carbocycles. The van der Waals surface area contributed by atoms with E-state index in [0.717, 1.165) is 24.2 Å². The maximum absolute atomic E-state index is 12.8. The number of sulfonamides is 1. The summed E-state index contributed by atoms with van der Waals surface area (Å²) < 4.78 is 23.3. The van der Waals surface area contributed by atoms with Gasteiger partial charge in [0.25, 0.3) is 0 Å². The van der Waals surface area contributed by atoms with Crippen LogP contribution in [0.3, 0.4) is 0 Å². The van der Waals surface area contributed by atoms with Crippen LogP contribution in [0.2, 0.25) is 0 Å². The molecule has 9 nitrogen and oxygen atoms in total. The molecule has 3 N–H and O–H groups in total. The molecule has 1 aromatic heterocycles. The second-order valence-electron chi connectivity index (χ2n) is 7.56. The second-order valence-corrected chi connectivity index (χ2v) is 9.12. The molecule has 0 bridgehead atoms. The minimum atomic E-state index is -3.83. The number of anilines is 5. The van der Waals surface area contributed by atoms with Gasteiger partial charge in [-0.05, 0) is 35.7 Å². The van der Waals surface area contributed by atoms with E-state index >= 15 is 0 Å². The van der Waals surface area contributed by atoms with E-state index in [0.29, 0.717) is 23.6 Å². The first-order chi connectivity index (χ1) is 14.8. The quantitative estimate of drug-likeness (QED) is 0.645. The molecule has 0 radical (unpaired) electrons. The lowest BCUT2D eigenvalue weighted by atomic mass is 10.0. The van der Waals surface area contributed by atoms with Gasteiger partial charge in [0.05, 0.1) is 17.5 Å². The van der Waals surface area contributed by atoms with Crippen molar-refractivity contribution in [3.63, 3.8) is 0 Å². The first-order valence-electron chi connectivity index (χ1n) is 9.73. The highest BCUT2D eigenvalue weighted by atomic mass is 32.2. The second kappa shape index (κ2) is 7.03. The molecule has 3 aromatic rings. The van der Waals surface area contributed by atoms with Crippen molar-refractivity contribution in [1.29, 1.82) is 0 Å². The molecule has 1 amide bonds. The van der Waals surface area contributed by atoms with E-state index in [-0.39, 0.29) is 16.8 Å². The van der Waals surface area contributed by atoms with Crippen molar-refractivity contribution in [2.75, 3.05) is 28.7 Å². The molecular formula is C21H20N6O3S. The number of amides is 1. The van der Waals surface area contributed by atoms with Gasteiger partial charge in [-0.3, -0.25) is 4.79 Å². The number of nitrogens with two attached hydrogens (primary N) is 1. The van der Waals surface area contributed by atoms with E-state index in [1.165, 1.54) is 17.7 Å². The Kier molecular flexibility index (Phi) is 4.42. The van der Waals surface area contributed by atoms with Crippen molar-refractivity contribution in [2.24, 2.45) is 5.14 Å². The first-order valence-corrected chi connectivity index (χ1v) is 11.3. The highest BCUT2D eigenvalue weighted by Gasteiger charge is 2.32. The number of rotatable bonds is 3. The molecule has 158 valence electrons. The summed E-state index contributed by atoms with van der Waals surface area (Å²) in [6, 6.07) is 12.2.